The molecule has 2 aromatic carbocycles. The quantitative estimate of drug-likeness (QED) is 0.275. The lowest BCUT2D eigenvalue weighted by molar-refractivity contribution is 0.466. The van der Waals surface area contributed by atoms with Gasteiger partial charge in [-0.1, -0.05) is 95.2 Å². The van der Waals surface area contributed by atoms with E-state index >= 15 is 0 Å². The number of oxazole rings is 1. The van der Waals surface area contributed by atoms with Crippen molar-refractivity contribution in [1.82, 2.24) is 9.97 Å². The lowest BCUT2D eigenvalue weighted by atomic mass is 9.80. The van der Waals surface area contributed by atoms with E-state index in [-0.39, 0.29) is 21.7 Å². The Morgan fingerprint density at radius 1 is 0.605 bits per heavy atom. The number of phenols is 1. The summed E-state index contributed by atoms with van der Waals surface area (Å²) in [5, 5.41) is 9.72. The topological polar surface area (TPSA) is 59.2 Å². The highest BCUT2D eigenvalue weighted by atomic mass is 16.3. The molecule has 4 heteroatoms. The molecule has 0 saturated carbocycles. The third-order valence-electron chi connectivity index (χ3n) is 6.74. The smallest absolute Gasteiger partial charge is 0.227 e. The fourth-order valence-corrected chi connectivity index (χ4v) is 4.12. The number of hydrogen-bond donors (Lipinski definition) is 1. The van der Waals surface area contributed by atoms with E-state index in [4.69, 9.17) is 9.40 Å². The normalized spacial score (nSPS) is 12.8. The van der Waals surface area contributed by atoms with Crippen molar-refractivity contribution in [2.45, 2.75) is 105 Å². The Kier molecular flexibility index (Phi) is 7.90. The van der Waals surface area contributed by atoms with E-state index in [1.165, 1.54) is 22.3 Å². The van der Waals surface area contributed by atoms with Crippen LogP contribution in [0.25, 0.3) is 22.6 Å². The first-order chi connectivity index (χ1) is 17.3. The standard InChI is InChI=1S/C20H24N2O.C14H22O/c1-19(2,3)14-11-15(20(4,5)6)17-16(12-14)22-18(23-17)13-7-9-21-10-8-13;1-13(2,3)10-7-11(14(4,5)6)9-12(15)8-10/h7-12H,1-6H3;7-9,15H,1-6H3. The van der Waals surface area contributed by atoms with Gasteiger partial charge in [0, 0.05) is 23.5 Å². The van der Waals surface area contributed by atoms with Crippen molar-refractivity contribution in [3.8, 4) is 17.2 Å². The van der Waals surface area contributed by atoms with Crippen molar-refractivity contribution in [2.75, 3.05) is 0 Å². The summed E-state index contributed by atoms with van der Waals surface area (Å²) < 4.78 is 6.14. The molecule has 4 aromatic rings. The van der Waals surface area contributed by atoms with Crippen molar-refractivity contribution in [2.24, 2.45) is 0 Å². The number of benzene rings is 2. The molecule has 2 heterocycles. The van der Waals surface area contributed by atoms with Crippen LogP contribution in [0, 0.1) is 0 Å². The van der Waals surface area contributed by atoms with Gasteiger partial charge < -0.3 is 9.52 Å². The summed E-state index contributed by atoms with van der Waals surface area (Å²) in [5.41, 5.74) is 7.85. The number of aromatic nitrogens is 2. The van der Waals surface area contributed by atoms with Gasteiger partial charge in [-0.3, -0.25) is 4.98 Å². The predicted molar refractivity (Wildman–Crippen MR) is 160 cm³/mol. The first kappa shape index (κ1) is 29.4. The summed E-state index contributed by atoms with van der Waals surface area (Å²) in [6.07, 6.45) is 3.52. The molecule has 1 N–H and O–H groups in total. The van der Waals surface area contributed by atoms with Gasteiger partial charge in [0.2, 0.25) is 5.89 Å². The minimum absolute atomic E-state index is 0.00540. The molecule has 2 aromatic heterocycles. The first-order valence-corrected chi connectivity index (χ1v) is 13.5. The summed E-state index contributed by atoms with van der Waals surface area (Å²) in [5.74, 6) is 1.02. The molecule has 0 atom stereocenters. The highest BCUT2D eigenvalue weighted by Gasteiger charge is 2.25. The zero-order valence-corrected chi connectivity index (χ0v) is 25.4. The molecule has 0 saturated heterocycles. The molecule has 0 bridgehead atoms. The van der Waals surface area contributed by atoms with Gasteiger partial charge in [-0.25, -0.2) is 4.98 Å². The fourth-order valence-electron chi connectivity index (χ4n) is 4.12. The van der Waals surface area contributed by atoms with Crippen molar-refractivity contribution in [3.63, 3.8) is 0 Å². The maximum absolute atomic E-state index is 9.72. The van der Waals surface area contributed by atoms with Crippen LogP contribution in [0.3, 0.4) is 0 Å². The number of aromatic hydroxyl groups is 1. The molecular weight excluding hydrogens is 468 g/mol. The molecule has 0 fully saturated rings. The maximum atomic E-state index is 9.72. The maximum Gasteiger partial charge on any atom is 0.227 e. The van der Waals surface area contributed by atoms with Crippen LogP contribution < -0.4 is 0 Å². The van der Waals surface area contributed by atoms with Gasteiger partial charge in [-0.2, -0.15) is 0 Å². The highest BCUT2D eigenvalue weighted by Crippen LogP contribution is 2.37. The van der Waals surface area contributed by atoms with Crippen LogP contribution in [0.5, 0.6) is 5.75 Å². The zero-order valence-electron chi connectivity index (χ0n) is 25.4. The Morgan fingerprint density at radius 2 is 1.08 bits per heavy atom. The van der Waals surface area contributed by atoms with E-state index in [9.17, 15) is 5.11 Å². The van der Waals surface area contributed by atoms with Gasteiger partial charge in [0.25, 0.3) is 0 Å². The molecule has 0 spiro atoms. The third kappa shape index (κ3) is 7.03. The van der Waals surface area contributed by atoms with Crippen LogP contribution in [0.15, 0.2) is 59.3 Å². The third-order valence-corrected chi connectivity index (χ3v) is 6.74. The second-order valence-electron chi connectivity index (χ2n) is 14.4. The van der Waals surface area contributed by atoms with E-state index < -0.39 is 0 Å². The summed E-state index contributed by atoms with van der Waals surface area (Å²) in [6.45, 7) is 26.3. The SMILES string of the molecule is CC(C)(C)c1cc(C(C)(C)C)c2oc(-c3ccncc3)nc2c1.CC(C)(C)c1cc(O)cc(C(C)(C)C)c1. The average molecular weight is 515 g/mol. The molecular formula is C34H46N2O2. The van der Waals surface area contributed by atoms with Crippen LogP contribution >= 0.6 is 0 Å². The molecule has 4 nitrogen and oxygen atoms in total. The predicted octanol–water partition coefficient (Wildman–Crippen LogP) is 9.47. The van der Waals surface area contributed by atoms with Gasteiger partial charge in [0.05, 0.1) is 0 Å². The Labute approximate surface area is 229 Å². The van der Waals surface area contributed by atoms with Crippen molar-refractivity contribution in [1.29, 1.82) is 0 Å². The molecule has 0 aliphatic heterocycles. The molecule has 204 valence electrons. The summed E-state index contributed by atoms with van der Waals surface area (Å²) in [4.78, 5) is 8.80. The average Bonchev–Trinajstić information content (AvgIpc) is 3.21. The molecule has 38 heavy (non-hydrogen) atoms. The van der Waals surface area contributed by atoms with E-state index in [1.807, 2.05) is 24.3 Å². The lowest BCUT2D eigenvalue weighted by Crippen LogP contribution is -2.16. The van der Waals surface area contributed by atoms with Crippen molar-refractivity contribution < 1.29 is 9.52 Å². The minimum atomic E-state index is -0.00540. The Bertz CT molecular complexity index is 1360. The molecule has 0 aliphatic rings. The Hall–Kier alpha value is -3.14. The molecule has 0 radical (unpaired) electrons. The molecule has 0 unspecified atom stereocenters. The molecule has 0 aliphatic carbocycles. The Morgan fingerprint density at radius 3 is 1.53 bits per heavy atom. The lowest BCUT2D eigenvalue weighted by Gasteiger charge is -2.25. The van der Waals surface area contributed by atoms with E-state index in [1.54, 1.807) is 12.4 Å². The van der Waals surface area contributed by atoms with Crippen LogP contribution in [-0.4, -0.2) is 15.1 Å². The van der Waals surface area contributed by atoms with Crippen molar-refractivity contribution in [3.05, 3.63) is 77.1 Å². The van der Waals surface area contributed by atoms with Gasteiger partial charge in [-0.05, 0) is 68.7 Å². The molecule has 4 rings (SSSR count). The summed E-state index contributed by atoms with van der Waals surface area (Å²) in [6, 6.07) is 14.2. The largest absolute Gasteiger partial charge is 0.508 e. The van der Waals surface area contributed by atoms with Crippen LogP contribution in [0.2, 0.25) is 0 Å². The number of hydrogen-bond acceptors (Lipinski definition) is 4. The number of phenolic OH excluding ortho intramolecular Hbond substituents is 1. The highest BCUT2D eigenvalue weighted by molar-refractivity contribution is 5.81. The van der Waals surface area contributed by atoms with Crippen LogP contribution in [0.1, 0.15) is 105 Å². The number of rotatable bonds is 1. The second-order valence-corrected chi connectivity index (χ2v) is 14.4. The fraction of sp³-hybridized carbons (Fsp3) is 0.471. The number of nitrogens with zero attached hydrogens (tertiary/aromatic N) is 2. The van der Waals surface area contributed by atoms with Crippen LogP contribution in [-0.2, 0) is 21.7 Å². The van der Waals surface area contributed by atoms with E-state index in [2.05, 4.69) is 106 Å². The van der Waals surface area contributed by atoms with Crippen LogP contribution in [0.4, 0.5) is 0 Å². The van der Waals surface area contributed by atoms with Gasteiger partial charge in [0.1, 0.15) is 11.3 Å². The van der Waals surface area contributed by atoms with Gasteiger partial charge in [-0.15, -0.1) is 0 Å². The minimum Gasteiger partial charge on any atom is -0.508 e. The second kappa shape index (κ2) is 10.2. The van der Waals surface area contributed by atoms with Crippen molar-refractivity contribution >= 4 is 11.1 Å². The first-order valence-electron chi connectivity index (χ1n) is 13.5. The summed E-state index contributed by atoms with van der Waals surface area (Å²) in [7, 11) is 0. The van der Waals surface area contributed by atoms with Gasteiger partial charge in [0.15, 0.2) is 5.58 Å². The van der Waals surface area contributed by atoms with E-state index in [0.717, 1.165) is 16.7 Å². The van der Waals surface area contributed by atoms with E-state index in [0.29, 0.717) is 11.6 Å². The monoisotopic (exact) mass is 514 g/mol. The number of fused-ring (bicyclic) bond motifs is 1. The number of pyridine rings is 1. The summed E-state index contributed by atoms with van der Waals surface area (Å²) >= 11 is 0. The zero-order chi connectivity index (χ0) is 28.7. The Balaban J connectivity index is 0.000000232. The van der Waals surface area contributed by atoms with Gasteiger partial charge >= 0.3 is 0 Å². The molecule has 0 amide bonds.